The van der Waals surface area contributed by atoms with Gasteiger partial charge in [0.15, 0.2) is 5.75 Å². The summed E-state index contributed by atoms with van der Waals surface area (Å²) in [5.74, 6) is 1.35. The van der Waals surface area contributed by atoms with Crippen LogP contribution in [0.2, 0.25) is 5.02 Å². The summed E-state index contributed by atoms with van der Waals surface area (Å²) in [5, 5.41) is 3.84. The molecule has 2 amide bonds. The van der Waals surface area contributed by atoms with Crippen LogP contribution < -0.4 is 10.1 Å². The Labute approximate surface area is 201 Å². The molecule has 33 heavy (non-hydrogen) atoms. The first-order chi connectivity index (χ1) is 15.7. The average molecular weight is 472 g/mol. The summed E-state index contributed by atoms with van der Waals surface area (Å²) >= 11 is 5.95. The normalized spacial score (nSPS) is 15.5. The summed E-state index contributed by atoms with van der Waals surface area (Å²) in [5.41, 5.74) is 1.38. The van der Waals surface area contributed by atoms with E-state index in [0.717, 1.165) is 25.0 Å². The van der Waals surface area contributed by atoms with Crippen LogP contribution in [0, 0.1) is 11.8 Å². The molecule has 1 fully saturated rings. The molecule has 1 N–H and O–H groups in total. The number of carbonyl (C=O) groups is 2. The van der Waals surface area contributed by atoms with Crippen LogP contribution in [-0.4, -0.2) is 41.0 Å². The maximum Gasteiger partial charge on any atom is 0.415 e. The molecule has 1 atom stereocenters. The third-order valence-corrected chi connectivity index (χ3v) is 6.31. The van der Waals surface area contributed by atoms with Crippen LogP contribution in [0.4, 0.5) is 4.79 Å². The van der Waals surface area contributed by atoms with Gasteiger partial charge in [-0.3, -0.25) is 9.78 Å². The number of likely N-dealkylation sites (tertiary alicyclic amines) is 1. The maximum atomic E-state index is 12.8. The monoisotopic (exact) mass is 471 g/mol. The van der Waals surface area contributed by atoms with Crippen LogP contribution in [0.3, 0.4) is 0 Å². The first-order valence-corrected chi connectivity index (χ1v) is 12.1. The number of amides is 2. The Bertz CT molecular complexity index is 938. The molecule has 0 aliphatic carbocycles. The van der Waals surface area contributed by atoms with Crippen LogP contribution >= 0.6 is 11.6 Å². The Balaban J connectivity index is 1.60. The second-order valence-corrected chi connectivity index (χ2v) is 9.89. The molecule has 6 nitrogen and oxygen atoms in total. The molecule has 0 bridgehead atoms. The lowest BCUT2D eigenvalue weighted by atomic mass is 9.85. The SMILES string of the molecule is CC(C)CC(NC(=O)c1ccc(Cl)cc1)C1CCN(C(=O)Oc2cccnc2C(C)C)CC1. The smallest absolute Gasteiger partial charge is 0.408 e. The van der Waals surface area contributed by atoms with Gasteiger partial charge < -0.3 is 15.0 Å². The molecule has 1 aromatic heterocycles. The molecular weight excluding hydrogens is 438 g/mol. The Morgan fingerprint density at radius 2 is 1.79 bits per heavy atom. The number of aromatic nitrogens is 1. The summed E-state index contributed by atoms with van der Waals surface area (Å²) in [6, 6.07) is 10.6. The lowest BCUT2D eigenvalue weighted by Crippen LogP contribution is -2.47. The van der Waals surface area contributed by atoms with Crippen molar-refractivity contribution in [3.05, 3.63) is 58.9 Å². The van der Waals surface area contributed by atoms with E-state index < -0.39 is 0 Å². The molecule has 0 spiro atoms. The van der Waals surface area contributed by atoms with Crippen LogP contribution in [0.5, 0.6) is 5.75 Å². The largest absolute Gasteiger partial charge is 0.415 e. The fourth-order valence-corrected chi connectivity index (χ4v) is 4.42. The van der Waals surface area contributed by atoms with E-state index in [1.165, 1.54) is 0 Å². The van der Waals surface area contributed by atoms with Gasteiger partial charge >= 0.3 is 6.09 Å². The highest BCUT2D eigenvalue weighted by Crippen LogP contribution is 2.28. The van der Waals surface area contributed by atoms with Crippen LogP contribution in [0.25, 0.3) is 0 Å². The van der Waals surface area contributed by atoms with E-state index in [0.29, 0.717) is 41.3 Å². The summed E-state index contributed by atoms with van der Waals surface area (Å²) in [6.07, 6.45) is 3.90. The van der Waals surface area contributed by atoms with E-state index in [1.807, 2.05) is 13.8 Å². The second kappa shape index (κ2) is 11.5. The molecule has 1 saturated heterocycles. The fourth-order valence-electron chi connectivity index (χ4n) is 4.30. The van der Waals surface area contributed by atoms with Gasteiger partial charge in [-0.1, -0.05) is 39.3 Å². The number of hydrogen-bond acceptors (Lipinski definition) is 4. The fraction of sp³-hybridized carbons (Fsp3) is 0.500. The molecule has 2 heterocycles. The van der Waals surface area contributed by atoms with Gasteiger partial charge in [0.1, 0.15) is 0 Å². The lowest BCUT2D eigenvalue weighted by molar-refractivity contribution is 0.0871. The first-order valence-electron chi connectivity index (χ1n) is 11.7. The van der Waals surface area contributed by atoms with E-state index in [-0.39, 0.29) is 24.0 Å². The van der Waals surface area contributed by atoms with Crippen molar-refractivity contribution in [3.63, 3.8) is 0 Å². The van der Waals surface area contributed by atoms with Gasteiger partial charge in [0.25, 0.3) is 5.91 Å². The molecule has 1 unspecified atom stereocenters. The number of carbonyl (C=O) groups excluding carboxylic acids is 2. The van der Waals surface area contributed by atoms with Gasteiger partial charge in [-0.2, -0.15) is 0 Å². The van der Waals surface area contributed by atoms with Gasteiger partial charge in [-0.05, 0) is 73.4 Å². The Kier molecular flexibility index (Phi) is 8.73. The predicted octanol–water partition coefficient (Wildman–Crippen LogP) is 5.91. The van der Waals surface area contributed by atoms with Crippen molar-refractivity contribution in [2.24, 2.45) is 11.8 Å². The molecule has 0 radical (unpaired) electrons. The number of benzene rings is 1. The summed E-state index contributed by atoms with van der Waals surface area (Å²) < 4.78 is 5.68. The molecule has 7 heteroatoms. The van der Waals surface area contributed by atoms with Crippen molar-refractivity contribution in [1.82, 2.24) is 15.2 Å². The molecular formula is C26H34ClN3O3. The highest BCUT2D eigenvalue weighted by atomic mass is 35.5. The zero-order valence-electron chi connectivity index (χ0n) is 19.9. The van der Waals surface area contributed by atoms with Crippen molar-refractivity contribution >= 4 is 23.6 Å². The van der Waals surface area contributed by atoms with E-state index in [4.69, 9.17) is 16.3 Å². The Morgan fingerprint density at radius 3 is 2.39 bits per heavy atom. The van der Waals surface area contributed by atoms with Gasteiger partial charge in [0.05, 0.1) is 5.69 Å². The number of piperidine rings is 1. The number of hydrogen-bond donors (Lipinski definition) is 1. The first kappa shape index (κ1) is 25.0. The standard InChI is InChI=1S/C26H34ClN3O3/c1-17(2)16-22(29-25(31)20-7-9-21(27)10-8-20)19-11-14-30(15-12-19)26(32)33-23-6-5-13-28-24(23)18(3)4/h5-10,13,17-19,22H,11-12,14-16H2,1-4H3,(H,29,31). The molecule has 178 valence electrons. The van der Waals surface area contributed by atoms with Crippen molar-refractivity contribution in [2.75, 3.05) is 13.1 Å². The van der Waals surface area contributed by atoms with E-state index in [2.05, 4.69) is 24.1 Å². The van der Waals surface area contributed by atoms with E-state index in [9.17, 15) is 9.59 Å². The zero-order valence-corrected chi connectivity index (χ0v) is 20.6. The highest BCUT2D eigenvalue weighted by Gasteiger charge is 2.31. The van der Waals surface area contributed by atoms with Crippen LogP contribution in [0.1, 0.15) is 68.9 Å². The second-order valence-electron chi connectivity index (χ2n) is 9.45. The number of halogens is 1. The highest BCUT2D eigenvalue weighted by molar-refractivity contribution is 6.30. The molecule has 1 aliphatic rings. The van der Waals surface area contributed by atoms with Crippen molar-refractivity contribution in [1.29, 1.82) is 0 Å². The van der Waals surface area contributed by atoms with Crippen LogP contribution in [-0.2, 0) is 0 Å². The van der Waals surface area contributed by atoms with Gasteiger partial charge in [0.2, 0.25) is 0 Å². The predicted molar refractivity (Wildman–Crippen MR) is 131 cm³/mol. The van der Waals surface area contributed by atoms with Gasteiger partial charge in [-0.25, -0.2) is 4.79 Å². The molecule has 2 aromatic rings. The number of pyridine rings is 1. The number of nitrogens with zero attached hydrogens (tertiary/aromatic N) is 2. The third-order valence-electron chi connectivity index (χ3n) is 6.06. The van der Waals surface area contributed by atoms with Crippen LogP contribution in [0.15, 0.2) is 42.6 Å². The van der Waals surface area contributed by atoms with Gasteiger partial charge in [-0.15, -0.1) is 0 Å². The average Bonchev–Trinajstić information content (AvgIpc) is 2.79. The number of nitrogens with one attached hydrogen (secondary N) is 1. The van der Waals surface area contributed by atoms with Crippen molar-refractivity contribution in [2.45, 2.75) is 58.9 Å². The van der Waals surface area contributed by atoms with Crippen molar-refractivity contribution in [3.8, 4) is 5.75 Å². The summed E-state index contributed by atoms with van der Waals surface area (Å²) in [6.45, 7) is 9.58. The molecule has 0 saturated carbocycles. The maximum absolute atomic E-state index is 12.8. The van der Waals surface area contributed by atoms with Gasteiger partial charge in [0, 0.05) is 35.9 Å². The topological polar surface area (TPSA) is 71.5 Å². The third kappa shape index (κ3) is 6.94. The van der Waals surface area contributed by atoms with E-state index in [1.54, 1.807) is 47.5 Å². The molecule has 1 aromatic carbocycles. The molecule has 1 aliphatic heterocycles. The minimum Gasteiger partial charge on any atom is -0.408 e. The minimum absolute atomic E-state index is 0.0530. The summed E-state index contributed by atoms with van der Waals surface area (Å²) in [4.78, 5) is 31.7. The molecule has 3 rings (SSSR count). The quantitative estimate of drug-likeness (QED) is 0.544. The zero-order chi connectivity index (χ0) is 24.0. The minimum atomic E-state index is -0.339. The lowest BCUT2D eigenvalue weighted by Gasteiger charge is -2.36. The summed E-state index contributed by atoms with van der Waals surface area (Å²) in [7, 11) is 0. The Hall–Kier alpha value is -2.60. The number of rotatable bonds is 7. The Morgan fingerprint density at radius 1 is 1.12 bits per heavy atom. The van der Waals surface area contributed by atoms with E-state index >= 15 is 0 Å². The number of ether oxygens (including phenoxy) is 1. The van der Waals surface area contributed by atoms with Crippen molar-refractivity contribution < 1.29 is 14.3 Å².